The second-order valence-electron chi connectivity index (χ2n) is 8.31. The van der Waals surface area contributed by atoms with Crippen molar-refractivity contribution in [1.82, 2.24) is 0 Å². The zero-order valence-corrected chi connectivity index (χ0v) is 17.8. The summed E-state index contributed by atoms with van der Waals surface area (Å²) >= 11 is 2.02. The fraction of sp³-hybridized carbons (Fsp3) is 0.609. The van der Waals surface area contributed by atoms with Crippen LogP contribution in [0.1, 0.15) is 67.7 Å². The predicted molar refractivity (Wildman–Crippen MR) is 113 cm³/mol. The highest BCUT2D eigenvalue weighted by molar-refractivity contribution is 7.99. The Bertz CT molecular complexity index is 708. The first-order valence-electron chi connectivity index (χ1n) is 10.2. The van der Waals surface area contributed by atoms with Gasteiger partial charge in [-0.1, -0.05) is 43.9 Å². The van der Waals surface area contributed by atoms with Crippen molar-refractivity contribution in [3.63, 3.8) is 0 Å². The number of carbonyl (C=O) groups excluding carboxylic acids is 1. The van der Waals surface area contributed by atoms with E-state index in [0.29, 0.717) is 12.0 Å². The summed E-state index contributed by atoms with van der Waals surface area (Å²) in [5.74, 6) is 1.02. The summed E-state index contributed by atoms with van der Waals surface area (Å²) < 4.78 is 5.80. The van der Waals surface area contributed by atoms with Crippen LogP contribution in [0.3, 0.4) is 0 Å². The fourth-order valence-electron chi connectivity index (χ4n) is 4.41. The number of hydrogen-bond donors (Lipinski definition) is 1. The van der Waals surface area contributed by atoms with Crippen molar-refractivity contribution >= 4 is 23.3 Å². The smallest absolute Gasteiger partial charge is 0.342 e. The van der Waals surface area contributed by atoms with E-state index in [1.54, 1.807) is 0 Å². The lowest BCUT2D eigenvalue weighted by molar-refractivity contribution is -0.145. The second kappa shape index (κ2) is 8.72. The Morgan fingerprint density at radius 3 is 2.37 bits per heavy atom. The van der Waals surface area contributed by atoms with E-state index in [0.717, 1.165) is 33.3 Å². The molecular weight excluding hydrogens is 356 g/mol. The minimum atomic E-state index is -0.381. The van der Waals surface area contributed by atoms with Crippen LogP contribution >= 0.6 is 11.8 Å². The van der Waals surface area contributed by atoms with Crippen molar-refractivity contribution in [2.45, 2.75) is 77.6 Å². The zero-order chi connectivity index (χ0) is 19.6. The average Bonchev–Trinajstić information content (AvgIpc) is 2.61. The molecule has 1 heterocycles. The molecule has 3 rings (SSSR count). The van der Waals surface area contributed by atoms with E-state index in [-0.39, 0.29) is 23.8 Å². The molecule has 1 N–H and O–H groups in total. The van der Waals surface area contributed by atoms with Crippen LogP contribution in [0.2, 0.25) is 0 Å². The standard InChI is InChI=1S/C23H32O3S/c1-14-10-15(2)21(16(3)11-14)22-19(24)12-20(26-23(22)25)17(4)13-27-18-8-6-5-7-9-18/h10-11,17-18,20,24H,5-9,12-13H2,1-4H3. The molecule has 0 aromatic heterocycles. The molecule has 0 bridgehead atoms. The Morgan fingerprint density at radius 1 is 1.15 bits per heavy atom. The van der Waals surface area contributed by atoms with Crippen LogP contribution in [0, 0.1) is 26.7 Å². The molecule has 2 unspecified atom stereocenters. The van der Waals surface area contributed by atoms with Crippen molar-refractivity contribution in [2.75, 3.05) is 5.75 Å². The maximum atomic E-state index is 12.8. The number of esters is 1. The predicted octanol–water partition coefficient (Wildman–Crippen LogP) is 5.90. The monoisotopic (exact) mass is 388 g/mol. The first kappa shape index (κ1) is 20.3. The summed E-state index contributed by atoms with van der Waals surface area (Å²) in [4.78, 5) is 12.8. The largest absolute Gasteiger partial charge is 0.511 e. The highest BCUT2D eigenvalue weighted by Crippen LogP contribution is 2.36. The number of cyclic esters (lactones) is 1. The number of hydrogen-bond acceptors (Lipinski definition) is 4. The van der Waals surface area contributed by atoms with Crippen molar-refractivity contribution in [2.24, 2.45) is 5.92 Å². The van der Waals surface area contributed by atoms with Gasteiger partial charge in [0.25, 0.3) is 0 Å². The molecule has 0 amide bonds. The Hall–Kier alpha value is -1.42. The lowest BCUT2D eigenvalue weighted by Gasteiger charge is -2.31. The molecule has 1 aliphatic heterocycles. The normalized spacial score (nSPS) is 22.7. The van der Waals surface area contributed by atoms with Gasteiger partial charge in [-0.15, -0.1) is 0 Å². The van der Waals surface area contributed by atoms with Gasteiger partial charge >= 0.3 is 5.97 Å². The van der Waals surface area contributed by atoms with Crippen molar-refractivity contribution in [3.8, 4) is 0 Å². The SMILES string of the molecule is Cc1cc(C)c(C2=C(O)CC(C(C)CSC3CCCCC3)OC2=O)c(C)c1. The highest BCUT2D eigenvalue weighted by atomic mass is 32.2. The molecule has 0 radical (unpaired) electrons. The molecule has 148 valence electrons. The number of aryl methyl sites for hydroxylation is 3. The quantitative estimate of drug-likeness (QED) is 0.638. The van der Waals surface area contributed by atoms with E-state index in [9.17, 15) is 9.90 Å². The van der Waals surface area contributed by atoms with E-state index in [1.807, 2.05) is 44.7 Å². The van der Waals surface area contributed by atoms with E-state index in [1.165, 1.54) is 32.1 Å². The van der Waals surface area contributed by atoms with Crippen LogP contribution in [0.15, 0.2) is 17.9 Å². The molecule has 4 heteroatoms. The lowest BCUT2D eigenvalue weighted by Crippen LogP contribution is -2.33. The van der Waals surface area contributed by atoms with E-state index < -0.39 is 0 Å². The summed E-state index contributed by atoms with van der Waals surface area (Å²) in [6, 6.07) is 4.09. The average molecular weight is 389 g/mol. The maximum absolute atomic E-state index is 12.8. The molecule has 2 atom stereocenters. The molecule has 1 aliphatic carbocycles. The minimum Gasteiger partial charge on any atom is -0.511 e. The molecule has 1 saturated carbocycles. The van der Waals surface area contributed by atoms with E-state index in [2.05, 4.69) is 6.92 Å². The van der Waals surface area contributed by atoms with Gasteiger partial charge in [0, 0.05) is 17.6 Å². The Morgan fingerprint density at radius 2 is 1.78 bits per heavy atom. The van der Waals surface area contributed by atoms with Crippen molar-refractivity contribution < 1.29 is 14.6 Å². The Balaban J connectivity index is 1.71. The molecule has 3 nitrogen and oxygen atoms in total. The summed E-state index contributed by atoms with van der Waals surface area (Å²) in [6.07, 6.45) is 6.85. The van der Waals surface area contributed by atoms with Crippen molar-refractivity contribution in [1.29, 1.82) is 0 Å². The molecule has 1 aromatic rings. The van der Waals surface area contributed by atoms with Gasteiger partial charge in [-0.3, -0.25) is 0 Å². The molecule has 0 spiro atoms. The number of carbonyl (C=O) groups is 1. The van der Waals surface area contributed by atoms with Gasteiger partial charge in [0.05, 0.1) is 0 Å². The number of benzene rings is 1. The number of aliphatic hydroxyl groups is 1. The Labute approximate surface area is 167 Å². The third-order valence-electron chi connectivity index (χ3n) is 5.85. The minimum absolute atomic E-state index is 0.181. The Kier molecular flexibility index (Phi) is 6.56. The summed E-state index contributed by atoms with van der Waals surface area (Å²) in [7, 11) is 0. The molecule has 0 saturated heterocycles. The van der Waals surface area contributed by atoms with Crippen LogP contribution in [-0.4, -0.2) is 28.2 Å². The van der Waals surface area contributed by atoms with Crippen molar-refractivity contribution in [3.05, 3.63) is 40.1 Å². The molecule has 2 aliphatic rings. The first-order chi connectivity index (χ1) is 12.9. The fourth-order valence-corrected chi connectivity index (χ4v) is 5.87. The van der Waals surface area contributed by atoms with Gasteiger partial charge in [-0.05, 0) is 56.1 Å². The molecule has 27 heavy (non-hydrogen) atoms. The van der Waals surface area contributed by atoms with Crippen LogP contribution < -0.4 is 0 Å². The van der Waals surface area contributed by atoms with Gasteiger partial charge in [0.2, 0.25) is 0 Å². The first-order valence-corrected chi connectivity index (χ1v) is 11.2. The van der Waals surface area contributed by atoms with Crippen LogP contribution in [0.25, 0.3) is 5.57 Å². The van der Waals surface area contributed by atoms with Gasteiger partial charge in [0.15, 0.2) is 0 Å². The molecule has 1 aromatic carbocycles. The van der Waals surface area contributed by atoms with E-state index >= 15 is 0 Å². The second-order valence-corrected chi connectivity index (χ2v) is 9.65. The lowest BCUT2D eigenvalue weighted by atomic mass is 9.89. The van der Waals surface area contributed by atoms with Gasteiger partial charge in [-0.25, -0.2) is 4.79 Å². The molecule has 1 fully saturated rings. The van der Waals surface area contributed by atoms with Crippen LogP contribution in [0.4, 0.5) is 0 Å². The van der Waals surface area contributed by atoms with Crippen LogP contribution in [0.5, 0.6) is 0 Å². The summed E-state index contributed by atoms with van der Waals surface area (Å²) in [6.45, 7) is 8.14. The van der Waals surface area contributed by atoms with Crippen LogP contribution in [-0.2, 0) is 9.53 Å². The van der Waals surface area contributed by atoms with Gasteiger partial charge < -0.3 is 9.84 Å². The van der Waals surface area contributed by atoms with Gasteiger partial charge in [0.1, 0.15) is 17.4 Å². The topological polar surface area (TPSA) is 46.5 Å². The third-order valence-corrected chi connectivity index (χ3v) is 7.52. The number of ether oxygens (including phenoxy) is 1. The summed E-state index contributed by atoms with van der Waals surface area (Å²) in [5, 5.41) is 11.5. The number of aliphatic hydroxyl groups excluding tert-OH is 1. The maximum Gasteiger partial charge on any atom is 0.342 e. The number of thioether (sulfide) groups is 1. The molecular formula is C23H32O3S. The van der Waals surface area contributed by atoms with E-state index in [4.69, 9.17) is 4.74 Å². The zero-order valence-electron chi connectivity index (χ0n) is 17.0. The third kappa shape index (κ3) is 4.71. The van der Waals surface area contributed by atoms with Gasteiger partial charge in [-0.2, -0.15) is 11.8 Å². The summed E-state index contributed by atoms with van der Waals surface area (Å²) in [5.41, 5.74) is 4.35. The highest BCUT2D eigenvalue weighted by Gasteiger charge is 2.34. The number of rotatable bonds is 5.